The zero-order valence-electron chi connectivity index (χ0n) is 21.6. The Hall–Kier alpha value is -4.69. The molecule has 0 unspecified atom stereocenters. The maximum atomic E-state index is 15.1. The second-order valence-corrected chi connectivity index (χ2v) is 8.97. The highest BCUT2D eigenvalue weighted by molar-refractivity contribution is 5.95. The number of nitrogens with two attached hydrogens (primary N) is 1. The number of primary amides is 1. The summed E-state index contributed by atoms with van der Waals surface area (Å²) in [5, 5.41) is 4.05. The van der Waals surface area contributed by atoms with Gasteiger partial charge in [0.05, 0.1) is 43.2 Å². The summed E-state index contributed by atoms with van der Waals surface area (Å²) in [5.41, 5.74) is 6.26. The number of likely N-dealkylation sites (tertiary alicyclic amines) is 1. The standard InChI is InChI=1S/C26H25F4N5O6/c1-2-39-25(38)16-11-33-35(13-16)17-10-19(23(31)37)24(32-12-17)40-21-7-8-34(14-20(21)27)22(36)9-15-3-5-18(6-4-15)41-26(28,29)30/h3-6,10-13,20-21H,2,7-9,14H2,1H3,(H2,31,37)/t20-,21-/m1/s1. The number of piperidine rings is 1. The first kappa shape index (κ1) is 29.3. The summed E-state index contributed by atoms with van der Waals surface area (Å²) in [4.78, 5) is 42.1. The van der Waals surface area contributed by atoms with E-state index >= 15 is 4.39 Å². The first-order valence-electron chi connectivity index (χ1n) is 12.4. The Labute approximate surface area is 230 Å². The molecule has 4 rings (SSSR count). The van der Waals surface area contributed by atoms with Crippen LogP contribution in [0.4, 0.5) is 17.6 Å². The molecule has 0 aliphatic carbocycles. The molecule has 2 N–H and O–H groups in total. The lowest BCUT2D eigenvalue weighted by molar-refractivity contribution is -0.274. The van der Waals surface area contributed by atoms with Crippen LogP contribution in [0.1, 0.15) is 39.6 Å². The van der Waals surface area contributed by atoms with Crippen LogP contribution < -0.4 is 15.2 Å². The Balaban J connectivity index is 1.38. The minimum atomic E-state index is -4.83. The van der Waals surface area contributed by atoms with Crippen LogP contribution in [0, 0.1) is 0 Å². The third kappa shape index (κ3) is 7.49. The molecule has 2 atom stereocenters. The van der Waals surface area contributed by atoms with Crippen molar-refractivity contribution in [3.8, 4) is 17.3 Å². The number of pyridine rings is 1. The minimum Gasteiger partial charge on any atom is -0.471 e. The first-order valence-corrected chi connectivity index (χ1v) is 12.4. The van der Waals surface area contributed by atoms with Crippen molar-refractivity contribution in [2.24, 2.45) is 5.73 Å². The molecular formula is C26H25F4N5O6. The first-order chi connectivity index (χ1) is 19.4. The van der Waals surface area contributed by atoms with E-state index in [1.807, 2.05) is 0 Å². The summed E-state index contributed by atoms with van der Waals surface area (Å²) in [5.74, 6) is -2.50. The van der Waals surface area contributed by atoms with Crippen molar-refractivity contribution in [3.05, 3.63) is 65.6 Å². The number of halogens is 4. The lowest BCUT2D eigenvalue weighted by atomic mass is 10.0. The van der Waals surface area contributed by atoms with Crippen molar-refractivity contribution in [2.75, 3.05) is 19.7 Å². The van der Waals surface area contributed by atoms with Crippen molar-refractivity contribution in [2.45, 2.75) is 38.4 Å². The highest BCUT2D eigenvalue weighted by atomic mass is 19.4. The minimum absolute atomic E-state index is 0.0783. The molecule has 1 saturated heterocycles. The van der Waals surface area contributed by atoms with Gasteiger partial charge < -0.3 is 24.8 Å². The molecule has 1 aliphatic heterocycles. The summed E-state index contributed by atoms with van der Waals surface area (Å²) in [7, 11) is 0. The Kier molecular flexibility index (Phi) is 8.74. The van der Waals surface area contributed by atoms with Gasteiger partial charge >= 0.3 is 12.3 Å². The van der Waals surface area contributed by atoms with Gasteiger partial charge in [-0.25, -0.2) is 18.9 Å². The largest absolute Gasteiger partial charge is 0.573 e. The van der Waals surface area contributed by atoms with E-state index in [1.54, 1.807) is 6.92 Å². The fourth-order valence-corrected chi connectivity index (χ4v) is 4.10. The number of benzene rings is 1. The summed E-state index contributed by atoms with van der Waals surface area (Å²) >= 11 is 0. The number of carbonyl (C=O) groups is 3. The topological polar surface area (TPSA) is 139 Å². The monoisotopic (exact) mass is 579 g/mol. The van der Waals surface area contributed by atoms with Gasteiger partial charge in [-0.3, -0.25) is 9.59 Å². The van der Waals surface area contributed by atoms with Gasteiger partial charge in [0.1, 0.15) is 17.4 Å². The van der Waals surface area contributed by atoms with Gasteiger partial charge in [-0.15, -0.1) is 13.2 Å². The van der Waals surface area contributed by atoms with Crippen LogP contribution in [0.15, 0.2) is 48.9 Å². The fraction of sp³-hybridized carbons (Fsp3) is 0.346. The van der Waals surface area contributed by atoms with E-state index < -0.39 is 42.2 Å². The lowest BCUT2D eigenvalue weighted by Crippen LogP contribution is -2.49. The molecule has 0 radical (unpaired) electrons. The van der Waals surface area contributed by atoms with Gasteiger partial charge in [0.15, 0.2) is 6.17 Å². The highest BCUT2D eigenvalue weighted by Crippen LogP contribution is 2.26. The van der Waals surface area contributed by atoms with Gasteiger partial charge in [-0.2, -0.15) is 5.10 Å². The number of alkyl halides is 4. The number of hydrogen-bond acceptors (Lipinski definition) is 8. The lowest BCUT2D eigenvalue weighted by Gasteiger charge is -2.34. The predicted octanol–water partition coefficient (Wildman–Crippen LogP) is 3.00. The van der Waals surface area contributed by atoms with Crippen LogP contribution in [0.2, 0.25) is 0 Å². The van der Waals surface area contributed by atoms with Gasteiger partial charge in [0.25, 0.3) is 5.91 Å². The number of esters is 1. The smallest absolute Gasteiger partial charge is 0.471 e. The highest BCUT2D eigenvalue weighted by Gasteiger charge is 2.34. The van der Waals surface area contributed by atoms with E-state index in [4.69, 9.17) is 15.2 Å². The molecule has 2 amide bonds. The van der Waals surface area contributed by atoms with E-state index in [1.165, 1.54) is 46.4 Å². The van der Waals surface area contributed by atoms with Crippen LogP contribution in [-0.4, -0.2) is 75.8 Å². The summed E-state index contributed by atoms with van der Waals surface area (Å²) in [6.07, 6.45) is -3.59. The number of hydrogen-bond donors (Lipinski definition) is 1. The van der Waals surface area contributed by atoms with E-state index in [0.29, 0.717) is 5.56 Å². The van der Waals surface area contributed by atoms with Gasteiger partial charge in [0, 0.05) is 19.2 Å². The maximum Gasteiger partial charge on any atom is 0.573 e. The van der Waals surface area contributed by atoms with E-state index in [0.717, 1.165) is 12.1 Å². The Morgan fingerprint density at radius 2 is 1.88 bits per heavy atom. The average molecular weight is 580 g/mol. The third-order valence-corrected chi connectivity index (χ3v) is 6.07. The molecule has 41 heavy (non-hydrogen) atoms. The maximum absolute atomic E-state index is 15.1. The Bertz CT molecular complexity index is 1410. The van der Waals surface area contributed by atoms with Crippen molar-refractivity contribution < 1.29 is 46.2 Å². The molecule has 1 aliphatic rings. The molecule has 3 heterocycles. The van der Waals surface area contributed by atoms with Crippen molar-refractivity contribution in [1.82, 2.24) is 19.7 Å². The molecule has 2 aromatic heterocycles. The molecule has 11 nitrogen and oxygen atoms in total. The fourth-order valence-electron chi connectivity index (χ4n) is 4.10. The SMILES string of the molecule is CCOC(=O)c1cnn(-c2cnc(O[C@@H]3CCN(C(=O)Cc4ccc(OC(F)(F)F)cc4)C[C@H]3F)c(C(N)=O)c2)c1. The number of aromatic nitrogens is 3. The van der Waals surface area contributed by atoms with Gasteiger partial charge in [-0.05, 0) is 30.7 Å². The number of carbonyl (C=O) groups excluding carboxylic acids is 3. The summed E-state index contributed by atoms with van der Waals surface area (Å²) in [6, 6.07) is 6.17. The summed E-state index contributed by atoms with van der Waals surface area (Å²) < 4.78 is 67.7. The molecule has 1 fully saturated rings. The van der Waals surface area contributed by atoms with Crippen LogP contribution in [0.5, 0.6) is 11.6 Å². The van der Waals surface area contributed by atoms with Gasteiger partial charge in [0.2, 0.25) is 11.8 Å². The molecule has 0 saturated carbocycles. The summed E-state index contributed by atoms with van der Waals surface area (Å²) in [6.45, 7) is 1.68. The second-order valence-electron chi connectivity index (χ2n) is 8.97. The molecule has 15 heteroatoms. The second kappa shape index (κ2) is 12.2. The Morgan fingerprint density at radius 1 is 1.15 bits per heavy atom. The molecule has 0 bridgehead atoms. The number of ether oxygens (including phenoxy) is 3. The Morgan fingerprint density at radius 3 is 2.51 bits per heavy atom. The normalized spacial score (nSPS) is 17.1. The zero-order valence-corrected chi connectivity index (χ0v) is 21.6. The van der Waals surface area contributed by atoms with Gasteiger partial charge in [-0.1, -0.05) is 12.1 Å². The zero-order chi connectivity index (χ0) is 29.7. The third-order valence-electron chi connectivity index (χ3n) is 6.07. The van der Waals surface area contributed by atoms with Crippen molar-refractivity contribution in [1.29, 1.82) is 0 Å². The van der Waals surface area contributed by atoms with Crippen molar-refractivity contribution in [3.63, 3.8) is 0 Å². The number of nitrogens with zero attached hydrogens (tertiary/aromatic N) is 4. The molecule has 218 valence electrons. The number of rotatable bonds is 9. The number of amides is 2. The van der Waals surface area contributed by atoms with Crippen LogP contribution >= 0.6 is 0 Å². The molecular weight excluding hydrogens is 554 g/mol. The van der Waals surface area contributed by atoms with E-state index in [9.17, 15) is 27.6 Å². The van der Waals surface area contributed by atoms with Crippen LogP contribution in [0.3, 0.4) is 0 Å². The predicted molar refractivity (Wildman–Crippen MR) is 133 cm³/mol. The van der Waals surface area contributed by atoms with E-state index in [2.05, 4.69) is 14.8 Å². The molecule has 3 aromatic rings. The van der Waals surface area contributed by atoms with E-state index in [-0.39, 0.29) is 55.2 Å². The molecule has 1 aromatic carbocycles. The average Bonchev–Trinajstić information content (AvgIpc) is 3.41. The van der Waals surface area contributed by atoms with Crippen LogP contribution in [0.25, 0.3) is 5.69 Å². The molecule has 0 spiro atoms. The van der Waals surface area contributed by atoms with Crippen molar-refractivity contribution >= 4 is 17.8 Å². The van der Waals surface area contributed by atoms with Crippen LogP contribution in [-0.2, 0) is 16.0 Å². The quantitative estimate of drug-likeness (QED) is 0.302.